The zero-order valence-corrected chi connectivity index (χ0v) is 35.7. The Kier molecular flexibility index (Phi) is 14.9. The molecular weight excluding hydrogens is 778 g/mol. The molecule has 5 rings (SSSR count). The number of hydrogen-bond acceptors (Lipinski definition) is 15. The number of ketones is 2. The molecule has 328 valence electrons. The Morgan fingerprint density at radius 3 is 2.37 bits per heavy atom. The first-order chi connectivity index (χ1) is 28.3. The number of aromatic nitrogens is 2. The van der Waals surface area contributed by atoms with Gasteiger partial charge in [-0.05, 0) is 53.3 Å². The molecule has 0 unspecified atom stereocenters. The van der Waals surface area contributed by atoms with Crippen LogP contribution in [0.15, 0.2) is 48.9 Å². The van der Waals surface area contributed by atoms with Gasteiger partial charge < -0.3 is 49.4 Å². The summed E-state index contributed by atoms with van der Waals surface area (Å²) in [6, 6.07) is 6.01. The number of esters is 1. The van der Waals surface area contributed by atoms with Crippen molar-refractivity contribution in [3.63, 3.8) is 0 Å². The zero-order chi connectivity index (χ0) is 44.1. The standard InChI is InChI=1S/C43H59N5O12/c1-10-31-43(7)36(47-41(55)60-43)24(3)33(50)23(2)21-42(6,59-40(54)46-17-11-12-27-13-15-28(16-14-27)29-22-44-18-19-45-29)37(25(4)34(51)26(5)38(53)56-31)58-39-35(52)30(48(8)9)20-32(49)57-39/h11-16,18-19,22-26,30-32,35-37,39,49,52H,10,17,20-21H2,1-9H3,(H,46,54)(H,47,55)/b12-11+/t23-,24+,25+,26-,30+,31-,32+,35-,36+,37-,39+,42-,43-/m1/s1. The first-order valence-electron chi connectivity index (χ1n) is 20.4. The molecule has 3 aliphatic rings. The number of Topliss-reactive ketones (excluding diaryl/α,β-unsaturated/α-hetero) is 2. The van der Waals surface area contributed by atoms with Crippen LogP contribution in [0.4, 0.5) is 9.59 Å². The van der Waals surface area contributed by atoms with Crippen LogP contribution in [0.25, 0.3) is 17.3 Å². The molecule has 4 heterocycles. The maximum atomic E-state index is 14.4. The van der Waals surface area contributed by atoms with Gasteiger partial charge >= 0.3 is 18.2 Å². The molecule has 17 heteroatoms. The molecule has 1 aromatic heterocycles. The number of fused-ring (bicyclic) bond motifs is 1. The van der Waals surface area contributed by atoms with Gasteiger partial charge in [0, 0.05) is 54.7 Å². The fourth-order valence-corrected chi connectivity index (χ4v) is 8.68. The molecule has 13 atom stereocenters. The average Bonchev–Trinajstić information content (AvgIpc) is 3.53. The number of carbonyl (C=O) groups excluding carboxylic acids is 5. The van der Waals surface area contributed by atoms with Crippen molar-refractivity contribution in [2.75, 3.05) is 20.6 Å². The van der Waals surface area contributed by atoms with Gasteiger partial charge in [0.15, 0.2) is 24.0 Å². The van der Waals surface area contributed by atoms with Gasteiger partial charge in [0.05, 0.1) is 17.9 Å². The number of alkyl carbamates (subject to hydrolysis) is 2. The van der Waals surface area contributed by atoms with Crippen molar-refractivity contribution >= 4 is 35.8 Å². The fraction of sp³-hybridized carbons (Fsp3) is 0.605. The molecule has 2 aromatic rings. The number of likely N-dealkylation sites (N-methyl/N-ethyl adjacent to an activating group) is 1. The van der Waals surface area contributed by atoms with Crippen molar-refractivity contribution in [3.05, 3.63) is 54.5 Å². The van der Waals surface area contributed by atoms with Crippen molar-refractivity contribution in [2.24, 2.45) is 23.7 Å². The molecule has 0 aliphatic carbocycles. The van der Waals surface area contributed by atoms with E-state index >= 15 is 0 Å². The molecule has 2 amide bonds. The van der Waals surface area contributed by atoms with Crippen LogP contribution >= 0.6 is 0 Å². The number of cyclic esters (lactones) is 1. The highest BCUT2D eigenvalue weighted by molar-refractivity contribution is 6.00. The summed E-state index contributed by atoms with van der Waals surface area (Å²) in [6.07, 6.45) is 0.00456. The van der Waals surface area contributed by atoms with Crippen LogP contribution in [0.2, 0.25) is 0 Å². The van der Waals surface area contributed by atoms with E-state index in [1.165, 1.54) is 20.8 Å². The quantitative estimate of drug-likeness (QED) is 0.161. The molecule has 0 radical (unpaired) electrons. The van der Waals surface area contributed by atoms with Crippen LogP contribution in [-0.2, 0) is 38.1 Å². The van der Waals surface area contributed by atoms with E-state index in [2.05, 4.69) is 20.6 Å². The number of amides is 2. The van der Waals surface area contributed by atoms with Gasteiger partial charge in [-0.25, -0.2) is 9.59 Å². The van der Waals surface area contributed by atoms with E-state index in [1.807, 2.05) is 24.3 Å². The number of hydrogen-bond donors (Lipinski definition) is 4. The number of benzene rings is 1. The highest BCUT2D eigenvalue weighted by atomic mass is 16.7. The van der Waals surface area contributed by atoms with Crippen molar-refractivity contribution in [1.29, 1.82) is 0 Å². The Morgan fingerprint density at radius 1 is 1.03 bits per heavy atom. The van der Waals surface area contributed by atoms with Crippen molar-refractivity contribution < 1.29 is 57.9 Å². The van der Waals surface area contributed by atoms with Gasteiger partial charge in [0.2, 0.25) is 0 Å². The largest absolute Gasteiger partial charge is 0.458 e. The van der Waals surface area contributed by atoms with Gasteiger partial charge in [-0.3, -0.25) is 24.4 Å². The maximum absolute atomic E-state index is 14.4. The van der Waals surface area contributed by atoms with E-state index in [1.54, 1.807) is 77.4 Å². The van der Waals surface area contributed by atoms with Crippen LogP contribution in [0.3, 0.4) is 0 Å². The van der Waals surface area contributed by atoms with Crippen LogP contribution in [0.5, 0.6) is 0 Å². The first-order valence-corrected chi connectivity index (χ1v) is 20.4. The first kappa shape index (κ1) is 46.3. The minimum absolute atomic E-state index is 0.0228. The number of nitrogens with one attached hydrogen (secondary N) is 2. The minimum Gasteiger partial charge on any atom is -0.458 e. The molecule has 1 aromatic carbocycles. The second kappa shape index (κ2) is 19.3. The van der Waals surface area contributed by atoms with Crippen LogP contribution in [-0.4, -0.2) is 130 Å². The van der Waals surface area contributed by atoms with E-state index in [-0.39, 0.29) is 31.6 Å². The number of aliphatic hydroxyl groups excluding tert-OH is 2. The molecule has 3 fully saturated rings. The molecule has 0 bridgehead atoms. The highest BCUT2D eigenvalue weighted by Gasteiger charge is 2.57. The molecule has 0 spiro atoms. The fourth-order valence-electron chi connectivity index (χ4n) is 8.68. The number of nitrogens with zero attached hydrogens (tertiary/aromatic N) is 3. The average molecular weight is 838 g/mol. The normalized spacial score (nSPS) is 35.6. The Balaban J connectivity index is 1.48. The topological polar surface area (TPSA) is 225 Å². The minimum atomic E-state index is -1.83. The van der Waals surface area contributed by atoms with E-state index < -0.39 is 102 Å². The van der Waals surface area contributed by atoms with Crippen LogP contribution in [0.1, 0.15) is 73.3 Å². The van der Waals surface area contributed by atoms with Gasteiger partial charge in [-0.15, -0.1) is 0 Å². The summed E-state index contributed by atoms with van der Waals surface area (Å²) in [5.74, 6) is -6.33. The Bertz CT molecular complexity index is 1880. The Hall–Kier alpha value is -4.81. The molecule has 4 N–H and O–H groups in total. The van der Waals surface area contributed by atoms with Gasteiger partial charge in [-0.1, -0.05) is 64.1 Å². The van der Waals surface area contributed by atoms with E-state index in [0.29, 0.717) is 0 Å². The summed E-state index contributed by atoms with van der Waals surface area (Å²) in [6.45, 7) is 11.0. The lowest BCUT2D eigenvalue weighted by Crippen LogP contribution is -2.61. The lowest BCUT2D eigenvalue weighted by atomic mass is 9.73. The summed E-state index contributed by atoms with van der Waals surface area (Å²) in [7, 11) is 3.43. The van der Waals surface area contributed by atoms with Gasteiger partial charge in [0.25, 0.3) is 0 Å². The summed E-state index contributed by atoms with van der Waals surface area (Å²) < 4.78 is 30.0. The third-order valence-corrected chi connectivity index (χ3v) is 12.0. The molecular formula is C43H59N5O12. The molecule has 3 aliphatic heterocycles. The lowest BCUT2D eigenvalue weighted by molar-refractivity contribution is -0.326. The smallest absolute Gasteiger partial charge is 0.408 e. The van der Waals surface area contributed by atoms with Gasteiger partial charge in [0.1, 0.15) is 35.6 Å². The highest BCUT2D eigenvalue weighted by Crippen LogP contribution is 2.40. The Labute approximate surface area is 350 Å². The predicted molar refractivity (Wildman–Crippen MR) is 217 cm³/mol. The number of rotatable bonds is 9. The zero-order valence-electron chi connectivity index (χ0n) is 35.7. The van der Waals surface area contributed by atoms with Crippen LogP contribution in [0, 0.1) is 23.7 Å². The predicted octanol–water partition coefficient (Wildman–Crippen LogP) is 3.66. The van der Waals surface area contributed by atoms with Gasteiger partial charge in [-0.2, -0.15) is 0 Å². The second-order valence-electron chi connectivity index (χ2n) is 16.7. The van der Waals surface area contributed by atoms with E-state index in [0.717, 1.165) is 16.8 Å². The summed E-state index contributed by atoms with van der Waals surface area (Å²) in [5.41, 5.74) is -0.839. The Morgan fingerprint density at radius 2 is 1.73 bits per heavy atom. The summed E-state index contributed by atoms with van der Waals surface area (Å²) in [4.78, 5) is 79.2. The number of ether oxygens (including phenoxy) is 5. The van der Waals surface area contributed by atoms with Crippen molar-refractivity contribution in [3.8, 4) is 11.3 Å². The SMILES string of the molecule is CC[C@H]1OC(=O)[C@H](C)C(=O)[C@H](C)[C@@H](O[C@@H]2O[C@H](O)C[C@H](N(C)C)[C@H]2O)[C@](C)(OC(=O)NC/C=C/c2ccc(-c3cnccn3)cc2)C[C@@H](C)C(=O)[C@H](C)[C@@H]2NC(=O)O[C@]12C. The molecule has 3 saturated heterocycles. The third kappa shape index (κ3) is 10.2. The summed E-state index contributed by atoms with van der Waals surface area (Å²) in [5, 5.41) is 27.6. The summed E-state index contributed by atoms with van der Waals surface area (Å²) >= 11 is 0. The molecule has 60 heavy (non-hydrogen) atoms. The third-order valence-electron chi connectivity index (χ3n) is 12.0. The second-order valence-corrected chi connectivity index (χ2v) is 16.7. The van der Waals surface area contributed by atoms with Crippen molar-refractivity contribution in [2.45, 2.75) is 122 Å². The monoisotopic (exact) mass is 837 g/mol. The van der Waals surface area contributed by atoms with Crippen LogP contribution < -0.4 is 10.6 Å². The maximum Gasteiger partial charge on any atom is 0.408 e. The lowest BCUT2D eigenvalue weighted by Gasteiger charge is -2.46. The number of carbonyl (C=O) groups is 5. The molecule has 17 nitrogen and oxygen atoms in total. The van der Waals surface area contributed by atoms with E-state index in [4.69, 9.17) is 23.7 Å². The molecule has 0 saturated carbocycles. The van der Waals surface area contributed by atoms with Crippen molar-refractivity contribution in [1.82, 2.24) is 25.5 Å². The number of aliphatic hydroxyl groups is 2. The van der Waals surface area contributed by atoms with E-state index in [9.17, 15) is 34.2 Å².